The zero-order valence-corrected chi connectivity index (χ0v) is 11.3. The third-order valence-corrected chi connectivity index (χ3v) is 4.88. The highest BCUT2D eigenvalue weighted by Gasteiger charge is 2.28. The number of sulfonamides is 1. The largest absolute Gasteiger partial charge is 0.326 e. The number of hydrogen-bond acceptors (Lipinski definition) is 4. The summed E-state index contributed by atoms with van der Waals surface area (Å²) in [7, 11) is -3.50. The zero-order chi connectivity index (χ0) is 13.2. The summed E-state index contributed by atoms with van der Waals surface area (Å²) in [5, 5.41) is 0.0683. The van der Waals surface area contributed by atoms with Gasteiger partial charge in [-0.2, -0.15) is 0 Å². The quantitative estimate of drug-likeness (QED) is 0.854. The van der Waals surface area contributed by atoms with Gasteiger partial charge < -0.3 is 5.73 Å². The van der Waals surface area contributed by atoms with Crippen LogP contribution in [-0.2, 0) is 16.6 Å². The Morgan fingerprint density at radius 1 is 1.44 bits per heavy atom. The van der Waals surface area contributed by atoms with Crippen molar-refractivity contribution in [3.63, 3.8) is 0 Å². The molecule has 0 aliphatic heterocycles. The summed E-state index contributed by atoms with van der Waals surface area (Å²) in [5.74, 6) is 0.392. The van der Waals surface area contributed by atoms with Gasteiger partial charge in [0.15, 0.2) is 5.03 Å². The molecule has 0 saturated heterocycles. The van der Waals surface area contributed by atoms with Gasteiger partial charge in [0.25, 0.3) is 10.0 Å². The van der Waals surface area contributed by atoms with Gasteiger partial charge in [-0.15, -0.1) is 0 Å². The van der Waals surface area contributed by atoms with Crippen molar-refractivity contribution in [2.75, 3.05) is 0 Å². The maximum atomic E-state index is 12.1. The molecule has 3 N–H and O–H groups in total. The van der Waals surface area contributed by atoms with E-state index in [0.717, 1.165) is 24.8 Å². The predicted molar refractivity (Wildman–Crippen MR) is 69.3 cm³/mol. The Bertz CT molecular complexity index is 499. The summed E-state index contributed by atoms with van der Waals surface area (Å²) in [6, 6.07) is 3.23. The molecule has 1 aromatic heterocycles. The van der Waals surface area contributed by atoms with Crippen molar-refractivity contribution in [3.8, 4) is 0 Å². The molecule has 2 unspecified atom stereocenters. The monoisotopic (exact) mass is 269 g/mol. The summed E-state index contributed by atoms with van der Waals surface area (Å²) in [6.07, 6.45) is 4.56. The minimum atomic E-state index is -3.50. The van der Waals surface area contributed by atoms with Gasteiger partial charge in [0.05, 0.1) is 0 Å². The van der Waals surface area contributed by atoms with Crippen LogP contribution in [0, 0.1) is 5.92 Å². The fourth-order valence-electron chi connectivity index (χ4n) is 2.27. The van der Waals surface area contributed by atoms with Gasteiger partial charge in [0.1, 0.15) is 0 Å². The summed E-state index contributed by atoms with van der Waals surface area (Å²) in [4.78, 5) is 3.96. The van der Waals surface area contributed by atoms with Gasteiger partial charge in [-0.25, -0.2) is 18.1 Å². The molecular weight excluding hydrogens is 250 g/mol. The highest BCUT2D eigenvalue weighted by atomic mass is 32.2. The van der Waals surface area contributed by atoms with E-state index in [0.29, 0.717) is 12.5 Å². The van der Waals surface area contributed by atoms with E-state index in [-0.39, 0.29) is 11.1 Å². The van der Waals surface area contributed by atoms with Crippen LogP contribution in [0.15, 0.2) is 23.4 Å². The van der Waals surface area contributed by atoms with Crippen molar-refractivity contribution in [1.29, 1.82) is 0 Å². The van der Waals surface area contributed by atoms with Crippen LogP contribution in [0.25, 0.3) is 0 Å². The van der Waals surface area contributed by atoms with Crippen molar-refractivity contribution in [2.24, 2.45) is 11.7 Å². The lowest BCUT2D eigenvalue weighted by Gasteiger charge is -2.16. The first-order valence-electron chi connectivity index (χ1n) is 6.20. The molecule has 5 nitrogen and oxygen atoms in total. The Kier molecular flexibility index (Phi) is 3.99. The van der Waals surface area contributed by atoms with Crippen LogP contribution in [0.2, 0.25) is 0 Å². The maximum absolute atomic E-state index is 12.1. The Labute approximate surface area is 108 Å². The lowest BCUT2D eigenvalue weighted by atomic mass is 10.1. The lowest BCUT2D eigenvalue weighted by Crippen LogP contribution is -2.36. The number of hydrogen-bond donors (Lipinski definition) is 2. The summed E-state index contributed by atoms with van der Waals surface area (Å²) >= 11 is 0. The second kappa shape index (κ2) is 5.34. The fourth-order valence-corrected chi connectivity index (χ4v) is 3.58. The molecule has 6 heteroatoms. The van der Waals surface area contributed by atoms with Crippen molar-refractivity contribution in [1.82, 2.24) is 9.71 Å². The number of rotatable bonds is 4. The SMILES string of the molecule is CC1CCCC1NS(=O)(=O)c1ccc(CN)cn1. The van der Waals surface area contributed by atoms with Crippen LogP contribution in [0.3, 0.4) is 0 Å². The molecule has 2 rings (SSSR count). The molecule has 0 spiro atoms. The average Bonchev–Trinajstić information content (AvgIpc) is 2.74. The van der Waals surface area contributed by atoms with E-state index in [1.165, 1.54) is 12.3 Å². The minimum absolute atomic E-state index is 0.0333. The van der Waals surface area contributed by atoms with E-state index >= 15 is 0 Å². The topological polar surface area (TPSA) is 85.1 Å². The highest BCUT2D eigenvalue weighted by molar-refractivity contribution is 7.89. The van der Waals surface area contributed by atoms with Gasteiger partial charge in [-0.1, -0.05) is 19.4 Å². The van der Waals surface area contributed by atoms with Crippen molar-refractivity contribution < 1.29 is 8.42 Å². The first kappa shape index (κ1) is 13.5. The third kappa shape index (κ3) is 2.88. The van der Waals surface area contributed by atoms with Crippen LogP contribution in [0.1, 0.15) is 31.7 Å². The van der Waals surface area contributed by atoms with E-state index in [1.807, 2.05) is 0 Å². The molecule has 1 aromatic rings. The van der Waals surface area contributed by atoms with E-state index in [4.69, 9.17) is 5.73 Å². The number of nitrogens with zero attached hydrogens (tertiary/aromatic N) is 1. The molecular formula is C12H19N3O2S. The van der Waals surface area contributed by atoms with Gasteiger partial charge in [-0.3, -0.25) is 0 Å². The number of pyridine rings is 1. The average molecular weight is 269 g/mol. The molecule has 1 aliphatic rings. The molecule has 18 heavy (non-hydrogen) atoms. The van der Waals surface area contributed by atoms with Gasteiger partial charge in [0, 0.05) is 18.8 Å². The van der Waals surface area contributed by atoms with Crippen LogP contribution in [0.5, 0.6) is 0 Å². The van der Waals surface area contributed by atoms with Gasteiger partial charge in [0.2, 0.25) is 0 Å². The zero-order valence-electron chi connectivity index (χ0n) is 10.5. The van der Waals surface area contributed by atoms with Crippen LogP contribution in [0.4, 0.5) is 0 Å². The van der Waals surface area contributed by atoms with Crippen LogP contribution in [-0.4, -0.2) is 19.4 Å². The van der Waals surface area contributed by atoms with E-state index < -0.39 is 10.0 Å². The Balaban J connectivity index is 2.14. The smallest absolute Gasteiger partial charge is 0.258 e. The normalized spacial score (nSPS) is 24.3. The van der Waals surface area contributed by atoms with E-state index in [9.17, 15) is 8.42 Å². The third-order valence-electron chi connectivity index (χ3n) is 3.48. The first-order valence-corrected chi connectivity index (χ1v) is 7.68. The second-order valence-electron chi connectivity index (χ2n) is 4.84. The molecule has 0 amide bonds. The predicted octanol–water partition coefficient (Wildman–Crippen LogP) is 1.01. The molecule has 0 bridgehead atoms. The van der Waals surface area contributed by atoms with Crippen molar-refractivity contribution in [2.45, 2.75) is 43.8 Å². The highest BCUT2D eigenvalue weighted by Crippen LogP contribution is 2.26. The Hall–Kier alpha value is -0.980. The second-order valence-corrected chi connectivity index (χ2v) is 6.51. The molecule has 100 valence electrons. The fraction of sp³-hybridized carbons (Fsp3) is 0.583. The molecule has 1 aliphatic carbocycles. The van der Waals surface area contributed by atoms with Gasteiger partial charge >= 0.3 is 0 Å². The number of aromatic nitrogens is 1. The van der Waals surface area contributed by atoms with Gasteiger partial charge in [-0.05, 0) is 30.4 Å². The summed E-state index contributed by atoms with van der Waals surface area (Å²) in [5.41, 5.74) is 6.28. The Morgan fingerprint density at radius 2 is 2.22 bits per heavy atom. The molecule has 1 fully saturated rings. The molecule has 1 heterocycles. The number of nitrogens with one attached hydrogen (secondary N) is 1. The summed E-state index contributed by atoms with van der Waals surface area (Å²) < 4.78 is 27.0. The van der Waals surface area contributed by atoms with Crippen molar-refractivity contribution >= 4 is 10.0 Å². The first-order chi connectivity index (χ1) is 8.53. The molecule has 2 atom stereocenters. The summed E-state index contributed by atoms with van der Waals surface area (Å²) in [6.45, 7) is 2.44. The lowest BCUT2D eigenvalue weighted by molar-refractivity contribution is 0.475. The maximum Gasteiger partial charge on any atom is 0.258 e. The van der Waals surface area contributed by atoms with E-state index in [2.05, 4.69) is 16.6 Å². The Morgan fingerprint density at radius 3 is 2.72 bits per heavy atom. The van der Waals surface area contributed by atoms with Crippen molar-refractivity contribution in [3.05, 3.63) is 23.9 Å². The molecule has 0 radical (unpaired) electrons. The minimum Gasteiger partial charge on any atom is -0.326 e. The number of nitrogens with two attached hydrogens (primary N) is 1. The molecule has 0 aromatic carbocycles. The van der Waals surface area contributed by atoms with Crippen LogP contribution < -0.4 is 10.5 Å². The van der Waals surface area contributed by atoms with E-state index in [1.54, 1.807) is 6.07 Å². The molecule has 1 saturated carbocycles. The standard InChI is InChI=1S/C12H19N3O2S/c1-9-3-2-4-11(9)15-18(16,17)12-6-5-10(7-13)8-14-12/h5-6,8-9,11,15H,2-4,7,13H2,1H3. The van der Waals surface area contributed by atoms with Crippen LogP contribution >= 0.6 is 0 Å².